The molecule has 114 valence electrons. The van der Waals surface area contributed by atoms with E-state index in [1.807, 2.05) is 0 Å². The van der Waals surface area contributed by atoms with Crippen molar-refractivity contribution in [2.75, 3.05) is 0 Å². The quantitative estimate of drug-likeness (QED) is 0.818. The molecule has 1 fully saturated rings. The Kier molecular flexibility index (Phi) is 5.56. The van der Waals surface area contributed by atoms with Gasteiger partial charge in [-0.25, -0.2) is 4.79 Å². The van der Waals surface area contributed by atoms with Crippen molar-refractivity contribution >= 4 is 29.3 Å². The van der Waals surface area contributed by atoms with Crippen LogP contribution in [0.2, 0.25) is 0 Å². The van der Waals surface area contributed by atoms with Crippen molar-refractivity contribution in [1.82, 2.24) is 5.32 Å². The van der Waals surface area contributed by atoms with Gasteiger partial charge >= 0.3 is 5.97 Å². The van der Waals surface area contributed by atoms with Crippen LogP contribution in [-0.4, -0.2) is 23.0 Å². The molecular weight excluding hydrogens is 286 g/mol. The monoisotopic (exact) mass is 307 g/mol. The number of aliphatic carboxylic acids is 1. The summed E-state index contributed by atoms with van der Waals surface area (Å²) in [7, 11) is 0. The first-order chi connectivity index (χ1) is 10.1. The maximum absolute atomic E-state index is 12.2. The molecular formula is C16H21NO3S. The summed E-state index contributed by atoms with van der Waals surface area (Å²) in [6.45, 7) is 2.22. The van der Waals surface area contributed by atoms with Crippen LogP contribution in [0.3, 0.4) is 0 Å². The molecule has 0 saturated heterocycles. The van der Waals surface area contributed by atoms with Gasteiger partial charge in [0.1, 0.15) is 0 Å². The third-order valence-corrected chi connectivity index (χ3v) is 5.05. The van der Waals surface area contributed by atoms with Gasteiger partial charge in [0.05, 0.1) is 4.88 Å². The van der Waals surface area contributed by atoms with Gasteiger partial charge in [0.15, 0.2) is 0 Å². The molecule has 1 aliphatic carbocycles. The Morgan fingerprint density at radius 3 is 2.67 bits per heavy atom. The lowest BCUT2D eigenvalue weighted by molar-refractivity contribution is -0.131. The van der Waals surface area contributed by atoms with E-state index in [2.05, 4.69) is 12.2 Å². The SMILES string of the molecule is CCC1CCC(NC(=O)c2ccc(C=CC(=O)O)s2)CC1. The highest BCUT2D eigenvalue weighted by atomic mass is 32.1. The third kappa shape index (κ3) is 4.70. The van der Waals surface area contributed by atoms with E-state index in [9.17, 15) is 9.59 Å². The maximum atomic E-state index is 12.2. The zero-order chi connectivity index (χ0) is 15.2. The van der Waals surface area contributed by atoms with E-state index >= 15 is 0 Å². The molecule has 4 nitrogen and oxygen atoms in total. The van der Waals surface area contributed by atoms with Crippen LogP contribution in [-0.2, 0) is 4.79 Å². The summed E-state index contributed by atoms with van der Waals surface area (Å²) in [5, 5.41) is 11.7. The predicted octanol–water partition coefficient (Wildman–Crippen LogP) is 3.54. The molecule has 1 heterocycles. The Bertz CT molecular complexity index is 527. The van der Waals surface area contributed by atoms with Crippen LogP contribution in [0, 0.1) is 5.92 Å². The smallest absolute Gasteiger partial charge is 0.328 e. The number of carbonyl (C=O) groups excluding carboxylic acids is 1. The van der Waals surface area contributed by atoms with E-state index in [1.54, 1.807) is 12.1 Å². The van der Waals surface area contributed by atoms with Crippen molar-refractivity contribution < 1.29 is 14.7 Å². The third-order valence-electron chi connectivity index (χ3n) is 4.00. The summed E-state index contributed by atoms with van der Waals surface area (Å²) < 4.78 is 0. The fourth-order valence-corrected chi connectivity index (χ4v) is 3.50. The predicted molar refractivity (Wildman–Crippen MR) is 84.5 cm³/mol. The molecule has 2 rings (SSSR count). The molecule has 0 bridgehead atoms. The van der Waals surface area contributed by atoms with Crippen molar-refractivity contribution in [3.05, 3.63) is 28.0 Å². The summed E-state index contributed by atoms with van der Waals surface area (Å²) >= 11 is 1.31. The number of amides is 1. The first-order valence-corrected chi connectivity index (χ1v) is 8.21. The zero-order valence-electron chi connectivity index (χ0n) is 12.2. The molecule has 1 aromatic heterocycles. The highest BCUT2D eigenvalue weighted by molar-refractivity contribution is 7.14. The normalized spacial score (nSPS) is 22.3. The Morgan fingerprint density at radius 1 is 1.33 bits per heavy atom. The molecule has 0 spiro atoms. The van der Waals surface area contributed by atoms with Crippen LogP contribution in [0.5, 0.6) is 0 Å². The molecule has 1 amide bonds. The van der Waals surface area contributed by atoms with Gasteiger partial charge in [-0.1, -0.05) is 13.3 Å². The number of rotatable bonds is 5. The Labute approximate surface area is 128 Å². The molecule has 5 heteroatoms. The van der Waals surface area contributed by atoms with E-state index < -0.39 is 5.97 Å². The number of carboxylic acids is 1. The van der Waals surface area contributed by atoms with Crippen molar-refractivity contribution in [3.8, 4) is 0 Å². The van der Waals surface area contributed by atoms with E-state index in [4.69, 9.17) is 5.11 Å². The second kappa shape index (κ2) is 7.41. The lowest BCUT2D eigenvalue weighted by atomic mass is 9.84. The van der Waals surface area contributed by atoms with Gasteiger partial charge in [0.2, 0.25) is 0 Å². The Balaban J connectivity index is 1.88. The summed E-state index contributed by atoms with van der Waals surface area (Å²) in [6, 6.07) is 3.80. The van der Waals surface area contributed by atoms with Crippen LogP contribution < -0.4 is 5.32 Å². The molecule has 1 aromatic rings. The number of nitrogens with one attached hydrogen (secondary N) is 1. The van der Waals surface area contributed by atoms with Crippen LogP contribution in [0.15, 0.2) is 18.2 Å². The molecule has 0 unspecified atom stereocenters. The highest BCUT2D eigenvalue weighted by Crippen LogP contribution is 2.27. The van der Waals surface area contributed by atoms with Gasteiger partial charge < -0.3 is 10.4 Å². The van der Waals surface area contributed by atoms with Crippen molar-refractivity contribution in [3.63, 3.8) is 0 Å². The number of thiophene rings is 1. The minimum atomic E-state index is -0.984. The topological polar surface area (TPSA) is 66.4 Å². The van der Waals surface area contributed by atoms with Crippen molar-refractivity contribution in [2.24, 2.45) is 5.92 Å². The zero-order valence-corrected chi connectivity index (χ0v) is 13.0. The Morgan fingerprint density at radius 2 is 2.05 bits per heavy atom. The van der Waals surface area contributed by atoms with E-state index in [-0.39, 0.29) is 11.9 Å². The second-order valence-corrected chi connectivity index (χ2v) is 6.59. The van der Waals surface area contributed by atoms with E-state index in [1.165, 1.54) is 36.7 Å². The molecule has 0 aliphatic heterocycles. The van der Waals surface area contributed by atoms with E-state index in [0.717, 1.165) is 29.7 Å². The average Bonchev–Trinajstić information content (AvgIpc) is 2.95. The van der Waals surface area contributed by atoms with E-state index in [0.29, 0.717) is 4.88 Å². The number of carbonyl (C=O) groups is 2. The Hall–Kier alpha value is -1.62. The average molecular weight is 307 g/mol. The fraction of sp³-hybridized carbons (Fsp3) is 0.500. The molecule has 1 aliphatic rings. The standard InChI is InChI=1S/C16H21NO3S/c1-2-11-3-5-12(6-4-11)17-16(20)14-9-7-13(21-14)8-10-15(18)19/h7-12H,2-6H2,1H3,(H,17,20)(H,18,19). The highest BCUT2D eigenvalue weighted by Gasteiger charge is 2.22. The van der Waals surface area contributed by atoms with Crippen LogP contribution in [0.25, 0.3) is 6.08 Å². The second-order valence-electron chi connectivity index (χ2n) is 5.47. The summed E-state index contributed by atoms with van der Waals surface area (Å²) in [6.07, 6.45) is 8.32. The molecule has 1 saturated carbocycles. The molecule has 21 heavy (non-hydrogen) atoms. The first kappa shape index (κ1) is 15.8. The minimum Gasteiger partial charge on any atom is -0.478 e. The van der Waals surface area contributed by atoms with Gasteiger partial charge in [0, 0.05) is 17.0 Å². The fourth-order valence-electron chi connectivity index (χ4n) is 2.69. The van der Waals surface area contributed by atoms with Crippen molar-refractivity contribution in [2.45, 2.75) is 45.1 Å². The lowest BCUT2D eigenvalue weighted by Gasteiger charge is -2.28. The van der Waals surface area contributed by atoms with Gasteiger partial charge in [-0.15, -0.1) is 11.3 Å². The number of carboxylic acid groups (broad SMARTS) is 1. The maximum Gasteiger partial charge on any atom is 0.328 e. The van der Waals surface area contributed by atoms with Gasteiger partial charge in [0.25, 0.3) is 5.91 Å². The van der Waals surface area contributed by atoms with Gasteiger partial charge in [-0.2, -0.15) is 0 Å². The summed E-state index contributed by atoms with van der Waals surface area (Å²) in [5.74, 6) is -0.218. The summed E-state index contributed by atoms with van der Waals surface area (Å²) in [4.78, 5) is 24.1. The van der Waals surface area contributed by atoms with Crippen LogP contribution in [0.4, 0.5) is 0 Å². The molecule has 0 radical (unpaired) electrons. The van der Waals surface area contributed by atoms with Crippen molar-refractivity contribution in [1.29, 1.82) is 0 Å². The number of hydrogen-bond acceptors (Lipinski definition) is 3. The van der Waals surface area contributed by atoms with Gasteiger partial charge in [-0.05, 0) is 49.8 Å². The molecule has 0 aromatic carbocycles. The summed E-state index contributed by atoms with van der Waals surface area (Å²) in [5.41, 5.74) is 0. The largest absolute Gasteiger partial charge is 0.478 e. The van der Waals surface area contributed by atoms with Gasteiger partial charge in [-0.3, -0.25) is 4.79 Å². The van der Waals surface area contributed by atoms with Crippen LogP contribution in [0.1, 0.15) is 53.6 Å². The molecule has 0 atom stereocenters. The lowest BCUT2D eigenvalue weighted by Crippen LogP contribution is -2.37. The van der Waals surface area contributed by atoms with Crippen LogP contribution >= 0.6 is 11.3 Å². The molecule has 2 N–H and O–H groups in total. The number of hydrogen-bond donors (Lipinski definition) is 2. The minimum absolute atomic E-state index is 0.0464. The first-order valence-electron chi connectivity index (χ1n) is 7.40.